The van der Waals surface area contributed by atoms with E-state index in [4.69, 9.17) is 9.72 Å². The molecule has 8 nitrogen and oxygen atoms in total. The van der Waals surface area contributed by atoms with E-state index in [1.807, 2.05) is 36.5 Å². The molecule has 3 aliphatic rings. The van der Waals surface area contributed by atoms with Crippen molar-refractivity contribution < 1.29 is 9.53 Å². The molecule has 1 aliphatic carbocycles. The second kappa shape index (κ2) is 9.51. The lowest BCUT2D eigenvalue weighted by Crippen LogP contribution is -2.56. The predicted molar refractivity (Wildman–Crippen MR) is 135 cm³/mol. The van der Waals surface area contributed by atoms with Crippen molar-refractivity contribution in [3.8, 4) is 0 Å². The van der Waals surface area contributed by atoms with E-state index in [1.165, 1.54) is 32.1 Å². The normalized spacial score (nSPS) is 21.8. The van der Waals surface area contributed by atoms with Crippen molar-refractivity contribution in [3.05, 3.63) is 54.5 Å². The largest absolute Gasteiger partial charge is 0.378 e. The highest BCUT2D eigenvalue weighted by atomic mass is 16.5. The second-order valence-corrected chi connectivity index (χ2v) is 10.2. The summed E-state index contributed by atoms with van der Waals surface area (Å²) in [5.41, 5.74) is 2.58. The molecule has 35 heavy (non-hydrogen) atoms. The van der Waals surface area contributed by atoms with Gasteiger partial charge in [-0.3, -0.25) is 14.8 Å². The first-order chi connectivity index (χ1) is 17.2. The van der Waals surface area contributed by atoms with Gasteiger partial charge in [0.1, 0.15) is 5.41 Å². The molecule has 3 aromatic rings. The van der Waals surface area contributed by atoms with Crippen molar-refractivity contribution in [1.29, 1.82) is 0 Å². The molecule has 8 heteroatoms. The van der Waals surface area contributed by atoms with Gasteiger partial charge in [-0.15, -0.1) is 0 Å². The molecule has 0 radical (unpaired) electrons. The number of pyridine rings is 1. The maximum absolute atomic E-state index is 13.3. The first kappa shape index (κ1) is 22.4. The maximum atomic E-state index is 13.3. The van der Waals surface area contributed by atoms with Crippen molar-refractivity contribution in [2.45, 2.75) is 43.6 Å². The number of piperidine rings is 1. The molecule has 0 bridgehead atoms. The summed E-state index contributed by atoms with van der Waals surface area (Å²) in [7, 11) is 0. The van der Waals surface area contributed by atoms with Gasteiger partial charge in [0.05, 0.1) is 48.0 Å². The van der Waals surface area contributed by atoms with Gasteiger partial charge in [-0.25, -0.2) is 4.98 Å². The molecule has 1 amide bonds. The molecule has 4 heterocycles. The van der Waals surface area contributed by atoms with Crippen LogP contribution in [-0.4, -0.2) is 59.7 Å². The smallest absolute Gasteiger partial charge is 0.242 e. The van der Waals surface area contributed by atoms with Crippen molar-refractivity contribution in [2.75, 3.05) is 43.1 Å². The number of benzene rings is 1. The Bertz CT molecular complexity index is 1190. The van der Waals surface area contributed by atoms with E-state index in [0.717, 1.165) is 48.0 Å². The summed E-state index contributed by atoms with van der Waals surface area (Å²) in [5, 5.41) is 6.72. The third-order valence-corrected chi connectivity index (χ3v) is 7.77. The lowest BCUT2D eigenvalue weighted by Gasteiger charge is -2.39. The maximum Gasteiger partial charge on any atom is 0.242 e. The number of carbonyl (C=O) groups excluding carboxylic acids is 1. The summed E-state index contributed by atoms with van der Waals surface area (Å²) in [6.07, 6.45) is 10.1. The van der Waals surface area contributed by atoms with Crippen LogP contribution in [0.3, 0.4) is 0 Å². The van der Waals surface area contributed by atoms with Crippen molar-refractivity contribution in [2.24, 2.45) is 5.92 Å². The number of para-hydroxylation sites is 2. The van der Waals surface area contributed by atoms with Crippen LogP contribution in [0.2, 0.25) is 0 Å². The number of hydrogen-bond donors (Lipinski definition) is 2. The molecule has 2 saturated heterocycles. The molecular formula is C27H32N6O2. The van der Waals surface area contributed by atoms with Crippen molar-refractivity contribution in [3.63, 3.8) is 0 Å². The molecule has 1 atom stereocenters. The summed E-state index contributed by atoms with van der Waals surface area (Å²) in [6.45, 7) is 3.81. The van der Waals surface area contributed by atoms with Crippen LogP contribution < -0.4 is 15.5 Å². The quantitative estimate of drug-likeness (QED) is 0.545. The van der Waals surface area contributed by atoms with E-state index >= 15 is 0 Å². The minimum Gasteiger partial charge on any atom is -0.378 e. The first-order valence-electron chi connectivity index (χ1n) is 12.8. The molecule has 0 spiro atoms. The van der Waals surface area contributed by atoms with Gasteiger partial charge in [0.25, 0.3) is 0 Å². The monoisotopic (exact) mass is 472 g/mol. The second-order valence-electron chi connectivity index (χ2n) is 10.2. The Labute approximate surface area is 205 Å². The van der Waals surface area contributed by atoms with E-state index < -0.39 is 5.41 Å². The summed E-state index contributed by atoms with van der Waals surface area (Å²) in [4.78, 5) is 29.4. The summed E-state index contributed by atoms with van der Waals surface area (Å²) in [6, 6.07) is 12.2. The van der Waals surface area contributed by atoms with Gasteiger partial charge in [-0.2, -0.15) is 0 Å². The molecule has 2 N–H and O–H groups in total. The fraction of sp³-hybridized carbons (Fsp3) is 0.481. The van der Waals surface area contributed by atoms with E-state index in [1.54, 1.807) is 6.20 Å². The number of fused-ring (bicyclic) bond motifs is 1. The Morgan fingerprint density at radius 3 is 2.60 bits per heavy atom. The van der Waals surface area contributed by atoms with E-state index in [-0.39, 0.29) is 5.91 Å². The number of ether oxygens (including phenoxy) is 1. The number of anilines is 2. The molecule has 182 valence electrons. The average molecular weight is 473 g/mol. The Hall–Kier alpha value is -3.10. The van der Waals surface area contributed by atoms with Crippen LogP contribution in [0.5, 0.6) is 0 Å². The van der Waals surface area contributed by atoms with Crippen molar-refractivity contribution in [1.82, 2.24) is 20.3 Å². The highest BCUT2D eigenvalue weighted by Gasteiger charge is 2.49. The molecular weight excluding hydrogens is 440 g/mol. The average Bonchev–Trinajstić information content (AvgIpc) is 2.83. The van der Waals surface area contributed by atoms with Gasteiger partial charge in [0.15, 0.2) is 5.82 Å². The Balaban J connectivity index is 1.13. The SMILES string of the molecule is O=C(Nc1cnc2ccccc2n1)C1(c2ccc(N3CCC[C@@H](NCC4CCC4)C3)cn2)COC1. The third kappa shape index (κ3) is 4.48. The fourth-order valence-electron chi connectivity index (χ4n) is 5.22. The van der Waals surface area contributed by atoms with Gasteiger partial charge >= 0.3 is 0 Å². The minimum absolute atomic E-state index is 0.160. The zero-order valence-corrected chi connectivity index (χ0v) is 19.9. The molecule has 6 rings (SSSR count). The van der Waals surface area contributed by atoms with Gasteiger partial charge in [0.2, 0.25) is 5.91 Å². The molecule has 0 unspecified atom stereocenters. The lowest BCUT2D eigenvalue weighted by atomic mass is 9.81. The number of carbonyl (C=O) groups is 1. The van der Waals surface area contributed by atoms with Crippen molar-refractivity contribution >= 4 is 28.4 Å². The van der Waals surface area contributed by atoms with Gasteiger partial charge in [0, 0.05) is 19.1 Å². The van der Waals surface area contributed by atoms with Crippen LogP contribution in [0.25, 0.3) is 11.0 Å². The van der Waals surface area contributed by atoms with Crippen LogP contribution in [0.4, 0.5) is 11.5 Å². The first-order valence-corrected chi connectivity index (χ1v) is 12.8. The number of nitrogens with zero attached hydrogens (tertiary/aromatic N) is 4. The third-order valence-electron chi connectivity index (χ3n) is 7.77. The molecule has 3 fully saturated rings. The zero-order chi connectivity index (χ0) is 23.7. The predicted octanol–water partition coefficient (Wildman–Crippen LogP) is 3.29. The highest BCUT2D eigenvalue weighted by Crippen LogP contribution is 2.34. The molecule has 2 aliphatic heterocycles. The number of aromatic nitrogens is 3. The number of rotatable bonds is 7. The van der Waals surface area contributed by atoms with Gasteiger partial charge in [-0.05, 0) is 62.4 Å². The molecule has 1 aromatic carbocycles. The molecule has 1 saturated carbocycles. The highest BCUT2D eigenvalue weighted by molar-refractivity contribution is 5.99. The van der Waals surface area contributed by atoms with Crippen LogP contribution in [0.15, 0.2) is 48.8 Å². The van der Waals surface area contributed by atoms with Gasteiger partial charge in [-0.1, -0.05) is 18.6 Å². The Morgan fingerprint density at radius 1 is 1.03 bits per heavy atom. The summed E-state index contributed by atoms with van der Waals surface area (Å²) < 4.78 is 5.49. The van der Waals surface area contributed by atoms with Crippen LogP contribution in [0.1, 0.15) is 37.8 Å². The van der Waals surface area contributed by atoms with E-state index in [0.29, 0.717) is 25.1 Å². The molecule has 2 aromatic heterocycles. The number of hydrogen-bond acceptors (Lipinski definition) is 7. The Kier molecular flexibility index (Phi) is 6.08. The lowest BCUT2D eigenvalue weighted by molar-refractivity contribution is -0.140. The van der Waals surface area contributed by atoms with Gasteiger partial charge < -0.3 is 20.3 Å². The topological polar surface area (TPSA) is 92.3 Å². The minimum atomic E-state index is -0.805. The van der Waals surface area contributed by atoms with Crippen LogP contribution in [0, 0.1) is 5.92 Å². The Morgan fingerprint density at radius 2 is 1.89 bits per heavy atom. The van der Waals surface area contributed by atoms with Crippen LogP contribution >= 0.6 is 0 Å². The number of nitrogens with one attached hydrogen (secondary N) is 2. The summed E-state index contributed by atoms with van der Waals surface area (Å²) >= 11 is 0. The summed E-state index contributed by atoms with van der Waals surface area (Å²) in [5.74, 6) is 1.15. The van der Waals surface area contributed by atoms with E-state index in [9.17, 15) is 4.79 Å². The van der Waals surface area contributed by atoms with Crippen LogP contribution in [-0.2, 0) is 14.9 Å². The zero-order valence-electron chi connectivity index (χ0n) is 19.9. The van der Waals surface area contributed by atoms with E-state index in [2.05, 4.69) is 31.6 Å². The standard InChI is InChI=1S/C27H32N6O2/c34-26(32-25-15-29-22-8-1-2-9-23(22)31-25)27(17-35-18-27)24-11-10-21(14-30-24)33-12-4-7-20(16-33)28-13-19-5-3-6-19/h1-2,8-11,14-15,19-20,28H,3-7,12-13,16-18H2,(H,31,32,34)/t20-/m1/s1. The number of amides is 1. The fourth-order valence-corrected chi connectivity index (χ4v) is 5.22.